The number of nitrogen functional groups attached to an aromatic ring is 1. The molecule has 1 aromatic rings. The van der Waals surface area contributed by atoms with E-state index in [1.165, 1.54) is 0 Å². The maximum Gasteiger partial charge on any atom is 0.418 e. The highest BCUT2D eigenvalue weighted by molar-refractivity contribution is 5.58. The molecule has 0 spiro atoms. The van der Waals surface area contributed by atoms with Crippen LogP contribution in [0.3, 0.4) is 0 Å². The molecule has 0 fully saturated rings. The minimum Gasteiger partial charge on any atom is -0.398 e. The molecule has 1 unspecified atom stereocenters. The van der Waals surface area contributed by atoms with Crippen LogP contribution in [-0.2, 0) is 6.18 Å². The van der Waals surface area contributed by atoms with Crippen molar-refractivity contribution in [2.45, 2.75) is 18.5 Å². The Morgan fingerprint density at radius 3 is 2.21 bits per heavy atom. The summed E-state index contributed by atoms with van der Waals surface area (Å²) >= 11 is 0. The summed E-state index contributed by atoms with van der Waals surface area (Å²) in [6.07, 6.45) is -12.2. The number of benzene rings is 1. The maximum absolute atomic E-state index is 12.5. The minimum absolute atomic E-state index is 0.218. The van der Waals surface area contributed by atoms with Gasteiger partial charge in [-0.3, -0.25) is 0 Å². The maximum atomic E-state index is 12.5. The molecule has 0 aliphatic heterocycles. The Balaban J connectivity index is 2.82. The van der Waals surface area contributed by atoms with Crippen molar-refractivity contribution in [3.63, 3.8) is 0 Å². The summed E-state index contributed by atoms with van der Waals surface area (Å²) in [5, 5.41) is 10.8. The fourth-order valence-corrected chi connectivity index (χ4v) is 1.24. The molecule has 0 saturated carbocycles. The van der Waals surface area contributed by atoms with Gasteiger partial charge in [0.25, 0.3) is 0 Å². The number of aliphatic hydroxyl groups is 1. The normalized spacial score (nSPS) is 14.3. The van der Waals surface area contributed by atoms with Crippen LogP contribution in [0, 0.1) is 0 Å². The van der Waals surface area contributed by atoms with Gasteiger partial charge < -0.3 is 16.2 Å². The number of hydrogen-bond acceptors (Lipinski definition) is 3. The molecular weight excluding hydrogens is 278 g/mol. The first-order valence-corrected chi connectivity index (χ1v) is 4.97. The van der Waals surface area contributed by atoms with Gasteiger partial charge >= 0.3 is 12.4 Å². The van der Waals surface area contributed by atoms with Gasteiger partial charge in [-0.15, -0.1) is 0 Å². The smallest absolute Gasteiger partial charge is 0.398 e. The van der Waals surface area contributed by atoms with E-state index in [0.29, 0.717) is 6.07 Å². The molecule has 1 aromatic carbocycles. The molecule has 0 radical (unpaired) electrons. The van der Waals surface area contributed by atoms with Crippen molar-refractivity contribution >= 4 is 11.4 Å². The van der Waals surface area contributed by atoms with E-state index in [0.717, 1.165) is 12.1 Å². The lowest BCUT2D eigenvalue weighted by Crippen LogP contribution is -2.35. The zero-order chi connectivity index (χ0) is 14.8. The van der Waals surface area contributed by atoms with E-state index in [9.17, 15) is 26.3 Å². The summed E-state index contributed by atoms with van der Waals surface area (Å²) in [5.41, 5.74) is 3.22. The third-order valence-corrected chi connectivity index (χ3v) is 2.24. The molecule has 1 atom stereocenters. The summed E-state index contributed by atoms with van der Waals surface area (Å²) in [4.78, 5) is 0. The first-order chi connectivity index (χ1) is 8.51. The third-order valence-electron chi connectivity index (χ3n) is 2.24. The lowest BCUT2D eigenvalue weighted by molar-refractivity contribution is -0.198. The van der Waals surface area contributed by atoms with Gasteiger partial charge in [-0.25, -0.2) is 0 Å². The van der Waals surface area contributed by atoms with Crippen LogP contribution < -0.4 is 11.1 Å². The van der Waals surface area contributed by atoms with E-state index in [4.69, 9.17) is 10.8 Å². The Bertz CT molecular complexity index is 443. The lowest BCUT2D eigenvalue weighted by Gasteiger charge is -2.17. The molecule has 108 valence electrons. The molecule has 3 nitrogen and oxygen atoms in total. The number of alkyl halides is 6. The zero-order valence-corrected chi connectivity index (χ0v) is 9.31. The standard InChI is InChI=1S/C10H10F6N2O/c11-9(12,13)6-3-5(1-2-7(6)17)18-4-8(19)10(14,15)16/h1-3,8,18-19H,4,17H2. The highest BCUT2D eigenvalue weighted by Gasteiger charge is 2.38. The Morgan fingerprint density at radius 2 is 1.74 bits per heavy atom. The molecule has 19 heavy (non-hydrogen) atoms. The number of nitrogens with one attached hydrogen (secondary N) is 1. The molecule has 0 heterocycles. The van der Waals surface area contributed by atoms with E-state index in [-0.39, 0.29) is 5.69 Å². The van der Waals surface area contributed by atoms with Gasteiger partial charge in [0.05, 0.1) is 5.56 Å². The van der Waals surface area contributed by atoms with Crippen molar-refractivity contribution in [1.29, 1.82) is 0 Å². The first kappa shape index (κ1) is 15.4. The van der Waals surface area contributed by atoms with E-state index in [1.807, 2.05) is 0 Å². The molecule has 0 aromatic heterocycles. The Morgan fingerprint density at radius 1 is 1.16 bits per heavy atom. The molecule has 1 rings (SSSR count). The topological polar surface area (TPSA) is 58.3 Å². The van der Waals surface area contributed by atoms with Gasteiger partial charge in [0.15, 0.2) is 6.10 Å². The second-order valence-electron chi connectivity index (χ2n) is 3.74. The Labute approximate surface area is 104 Å². The Kier molecular flexibility index (Phi) is 4.18. The monoisotopic (exact) mass is 288 g/mol. The van der Waals surface area contributed by atoms with E-state index in [1.54, 1.807) is 0 Å². The van der Waals surface area contributed by atoms with Crippen molar-refractivity contribution < 1.29 is 31.4 Å². The van der Waals surface area contributed by atoms with Crippen LogP contribution >= 0.6 is 0 Å². The van der Waals surface area contributed by atoms with Crippen LogP contribution in [0.4, 0.5) is 37.7 Å². The SMILES string of the molecule is Nc1ccc(NCC(O)C(F)(F)F)cc1C(F)(F)F. The van der Waals surface area contributed by atoms with Gasteiger partial charge in [-0.1, -0.05) is 0 Å². The summed E-state index contributed by atoms with van der Waals surface area (Å²) < 4.78 is 73.4. The molecular formula is C10H10F6N2O. The molecule has 0 bridgehead atoms. The zero-order valence-electron chi connectivity index (χ0n) is 9.31. The second kappa shape index (κ2) is 5.16. The number of hydrogen-bond donors (Lipinski definition) is 3. The molecule has 0 saturated heterocycles. The van der Waals surface area contributed by atoms with Crippen molar-refractivity contribution in [2.24, 2.45) is 0 Å². The molecule has 0 amide bonds. The number of rotatable bonds is 3. The molecule has 0 aliphatic carbocycles. The number of anilines is 2. The fourth-order valence-electron chi connectivity index (χ4n) is 1.24. The van der Waals surface area contributed by atoms with Gasteiger partial charge in [-0.05, 0) is 18.2 Å². The van der Waals surface area contributed by atoms with Crippen molar-refractivity contribution in [3.8, 4) is 0 Å². The van der Waals surface area contributed by atoms with Crippen LogP contribution in [0.25, 0.3) is 0 Å². The fraction of sp³-hybridized carbons (Fsp3) is 0.400. The van der Waals surface area contributed by atoms with E-state index in [2.05, 4.69) is 5.32 Å². The first-order valence-electron chi connectivity index (χ1n) is 4.97. The van der Waals surface area contributed by atoms with Crippen LogP contribution in [-0.4, -0.2) is 23.9 Å². The van der Waals surface area contributed by atoms with Crippen molar-refractivity contribution in [3.05, 3.63) is 23.8 Å². The summed E-state index contributed by atoms with van der Waals surface area (Å²) in [5.74, 6) is 0. The third kappa shape index (κ3) is 4.19. The van der Waals surface area contributed by atoms with Crippen LogP contribution in [0.1, 0.15) is 5.56 Å². The van der Waals surface area contributed by atoms with Gasteiger partial charge in [-0.2, -0.15) is 26.3 Å². The quantitative estimate of drug-likeness (QED) is 0.592. The predicted octanol–water partition coefficient (Wildman–Crippen LogP) is 2.62. The largest absolute Gasteiger partial charge is 0.418 e. The highest BCUT2D eigenvalue weighted by atomic mass is 19.4. The van der Waals surface area contributed by atoms with Crippen LogP contribution in [0.2, 0.25) is 0 Å². The number of nitrogens with two attached hydrogens (primary N) is 1. The molecule has 0 aliphatic rings. The van der Waals surface area contributed by atoms with Crippen LogP contribution in [0.15, 0.2) is 18.2 Å². The van der Waals surface area contributed by atoms with E-state index >= 15 is 0 Å². The minimum atomic E-state index is -4.84. The number of halogens is 6. The van der Waals surface area contributed by atoms with Gasteiger partial charge in [0.2, 0.25) is 0 Å². The van der Waals surface area contributed by atoms with Crippen molar-refractivity contribution in [2.75, 3.05) is 17.6 Å². The molecule has 9 heteroatoms. The van der Waals surface area contributed by atoms with Crippen LogP contribution in [0.5, 0.6) is 0 Å². The predicted molar refractivity (Wildman–Crippen MR) is 56.4 cm³/mol. The number of aliphatic hydroxyl groups excluding tert-OH is 1. The second-order valence-corrected chi connectivity index (χ2v) is 3.74. The summed E-state index contributed by atoms with van der Waals surface area (Å²) in [6.45, 7) is -0.954. The lowest BCUT2D eigenvalue weighted by atomic mass is 10.1. The summed E-state index contributed by atoms with van der Waals surface area (Å²) in [7, 11) is 0. The van der Waals surface area contributed by atoms with Gasteiger partial charge in [0.1, 0.15) is 0 Å². The Hall–Kier alpha value is -1.64. The van der Waals surface area contributed by atoms with E-state index < -0.39 is 36.3 Å². The molecule has 4 N–H and O–H groups in total. The average Bonchev–Trinajstić information content (AvgIpc) is 2.24. The summed E-state index contributed by atoms with van der Waals surface area (Å²) in [6, 6.07) is 2.59. The van der Waals surface area contributed by atoms with Crippen molar-refractivity contribution in [1.82, 2.24) is 0 Å². The highest BCUT2D eigenvalue weighted by Crippen LogP contribution is 2.35. The van der Waals surface area contributed by atoms with Gasteiger partial charge in [0, 0.05) is 17.9 Å². The average molecular weight is 288 g/mol.